The van der Waals surface area contributed by atoms with Crippen LogP contribution in [0.15, 0.2) is 18.2 Å². The molecule has 0 aliphatic heterocycles. The summed E-state index contributed by atoms with van der Waals surface area (Å²) in [6, 6.07) is 5.90. The van der Waals surface area contributed by atoms with Gasteiger partial charge in [-0.25, -0.2) is 0 Å². The van der Waals surface area contributed by atoms with Crippen LogP contribution in [0.2, 0.25) is 5.02 Å². The Morgan fingerprint density at radius 3 is 2.69 bits per heavy atom. The molecule has 0 aromatic heterocycles. The van der Waals surface area contributed by atoms with Crippen molar-refractivity contribution in [2.24, 2.45) is 0 Å². The first kappa shape index (κ1) is 11.7. The highest BCUT2D eigenvalue weighted by atomic mass is 35.5. The Hall–Kier alpha value is -0.730. The first-order chi connectivity index (χ1) is 7.59. The van der Waals surface area contributed by atoms with Crippen molar-refractivity contribution < 1.29 is 5.11 Å². The third-order valence-corrected chi connectivity index (χ3v) is 3.73. The van der Waals surface area contributed by atoms with Crippen LogP contribution in [-0.4, -0.2) is 17.3 Å². The third-order valence-electron chi connectivity index (χ3n) is 3.33. The van der Waals surface area contributed by atoms with Crippen molar-refractivity contribution >= 4 is 17.3 Å². The first-order valence-electron chi connectivity index (χ1n) is 5.81. The summed E-state index contributed by atoms with van der Waals surface area (Å²) < 4.78 is 0. The quantitative estimate of drug-likeness (QED) is 0.848. The molecule has 2 rings (SSSR count). The minimum Gasteiger partial charge on any atom is -0.388 e. The predicted octanol–water partition coefficient (Wildman–Crippen LogP) is 3.37. The Balaban J connectivity index is 1.96. The van der Waals surface area contributed by atoms with E-state index in [4.69, 9.17) is 11.6 Å². The van der Waals surface area contributed by atoms with Gasteiger partial charge in [-0.3, -0.25) is 0 Å². The van der Waals surface area contributed by atoms with E-state index in [-0.39, 0.29) is 0 Å². The van der Waals surface area contributed by atoms with Gasteiger partial charge in [0, 0.05) is 17.3 Å². The van der Waals surface area contributed by atoms with Crippen molar-refractivity contribution in [1.29, 1.82) is 0 Å². The zero-order chi connectivity index (χ0) is 11.6. The molecule has 0 heterocycles. The Morgan fingerprint density at radius 1 is 1.38 bits per heavy atom. The average molecular weight is 240 g/mol. The molecule has 1 aromatic rings. The molecule has 16 heavy (non-hydrogen) atoms. The van der Waals surface area contributed by atoms with Crippen LogP contribution in [0.4, 0.5) is 5.69 Å². The second kappa shape index (κ2) is 4.64. The fourth-order valence-electron chi connectivity index (χ4n) is 2.18. The molecule has 1 aliphatic rings. The molecule has 0 atom stereocenters. The molecule has 0 amide bonds. The molecule has 0 bridgehead atoms. The van der Waals surface area contributed by atoms with Gasteiger partial charge in [-0.05, 0) is 37.5 Å². The van der Waals surface area contributed by atoms with E-state index in [1.807, 2.05) is 25.1 Å². The SMILES string of the molecule is Cc1ccc(NCC2(O)CCCC2)cc1Cl. The van der Waals surface area contributed by atoms with E-state index >= 15 is 0 Å². The molecule has 88 valence electrons. The Morgan fingerprint density at radius 2 is 2.06 bits per heavy atom. The molecule has 0 saturated heterocycles. The molecule has 0 spiro atoms. The van der Waals surface area contributed by atoms with Crippen molar-refractivity contribution in [3.63, 3.8) is 0 Å². The minimum atomic E-state index is -0.517. The van der Waals surface area contributed by atoms with E-state index in [1.165, 1.54) is 0 Å². The summed E-state index contributed by atoms with van der Waals surface area (Å²) in [5.74, 6) is 0. The van der Waals surface area contributed by atoms with Crippen LogP contribution in [0, 0.1) is 6.92 Å². The number of hydrogen-bond donors (Lipinski definition) is 2. The third kappa shape index (κ3) is 2.69. The van der Waals surface area contributed by atoms with E-state index in [9.17, 15) is 5.11 Å². The molecule has 3 heteroatoms. The van der Waals surface area contributed by atoms with Crippen molar-refractivity contribution in [2.75, 3.05) is 11.9 Å². The summed E-state index contributed by atoms with van der Waals surface area (Å²) in [7, 11) is 0. The van der Waals surface area contributed by atoms with Crippen LogP contribution in [0.1, 0.15) is 31.2 Å². The molecular formula is C13H18ClNO. The maximum atomic E-state index is 10.2. The number of anilines is 1. The normalized spacial score (nSPS) is 18.7. The lowest BCUT2D eigenvalue weighted by atomic mass is 10.0. The maximum absolute atomic E-state index is 10.2. The Bertz CT molecular complexity index is 372. The van der Waals surface area contributed by atoms with Crippen LogP contribution in [0.5, 0.6) is 0 Å². The number of rotatable bonds is 3. The van der Waals surface area contributed by atoms with Gasteiger partial charge in [0.2, 0.25) is 0 Å². The van der Waals surface area contributed by atoms with Gasteiger partial charge in [-0.1, -0.05) is 30.5 Å². The number of hydrogen-bond acceptors (Lipinski definition) is 2. The largest absolute Gasteiger partial charge is 0.388 e. The lowest BCUT2D eigenvalue weighted by Gasteiger charge is -2.23. The molecule has 1 aliphatic carbocycles. The molecular weight excluding hydrogens is 222 g/mol. The van der Waals surface area contributed by atoms with Gasteiger partial charge in [0.15, 0.2) is 0 Å². The molecule has 0 unspecified atom stereocenters. The van der Waals surface area contributed by atoms with Gasteiger partial charge >= 0.3 is 0 Å². The number of aliphatic hydroxyl groups is 1. The van der Waals surface area contributed by atoms with Crippen LogP contribution in [0.3, 0.4) is 0 Å². The van der Waals surface area contributed by atoms with Gasteiger partial charge < -0.3 is 10.4 Å². The Kier molecular flexibility index (Phi) is 3.41. The van der Waals surface area contributed by atoms with E-state index in [0.717, 1.165) is 42.0 Å². The summed E-state index contributed by atoms with van der Waals surface area (Å²) in [6.45, 7) is 2.60. The summed E-state index contributed by atoms with van der Waals surface area (Å²) in [5.41, 5.74) is 1.54. The minimum absolute atomic E-state index is 0.517. The molecule has 1 saturated carbocycles. The van der Waals surface area contributed by atoms with Crippen LogP contribution < -0.4 is 5.32 Å². The average Bonchev–Trinajstić information content (AvgIpc) is 2.68. The van der Waals surface area contributed by atoms with E-state index in [0.29, 0.717) is 6.54 Å². The highest BCUT2D eigenvalue weighted by Crippen LogP contribution is 2.30. The lowest BCUT2D eigenvalue weighted by Crippen LogP contribution is -2.33. The summed E-state index contributed by atoms with van der Waals surface area (Å²) >= 11 is 6.04. The van der Waals surface area contributed by atoms with E-state index in [2.05, 4.69) is 5.32 Å². The van der Waals surface area contributed by atoms with Gasteiger partial charge in [0.1, 0.15) is 0 Å². The second-order valence-electron chi connectivity index (χ2n) is 4.75. The monoisotopic (exact) mass is 239 g/mol. The van der Waals surface area contributed by atoms with Gasteiger partial charge in [0.05, 0.1) is 5.60 Å². The van der Waals surface area contributed by atoms with Gasteiger partial charge in [-0.2, -0.15) is 0 Å². The lowest BCUT2D eigenvalue weighted by molar-refractivity contribution is 0.0615. The fourth-order valence-corrected chi connectivity index (χ4v) is 2.36. The fraction of sp³-hybridized carbons (Fsp3) is 0.538. The number of halogens is 1. The maximum Gasteiger partial charge on any atom is 0.0819 e. The second-order valence-corrected chi connectivity index (χ2v) is 5.16. The predicted molar refractivity (Wildman–Crippen MR) is 68.1 cm³/mol. The van der Waals surface area contributed by atoms with Crippen molar-refractivity contribution in [2.45, 2.75) is 38.2 Å². The van der Waals surface area contributed by atoms with Gasteiger partial charge in [-0.15, -0.1) is 0 Å². The van der Waals surface area contributed by atoms with Crippen molar-refractivity contribution in [1.82, 2.24) is 0 Å². The first-order valence-corrected chi connectivity index (χ1v) is 6.19. The van der Waals surface area contributed by atoms with Crippen molar-refractivity contribution in [3.05, 3.63) is 28.8 Å². The standard InChI is InChI=1S/C13H18ClNO/c1-10-4-5-11(8-12(10)14)15-9-13(16)6-2-3-7-13/h4-5,8,15-16H,2-3,6-7,9H2,1H3. The van der Waals surface area contributed by atoms with Crippen LogP contribution in [0.25, 0.3) is 0 Å². The topological polar surface area (TPSA) is 32.3 Å². The highest BCUT2D eigenvalue weighted by molar-refractivity contribution is 6.31. The van der Waals surface area contributed by atoms with E-state index < -0.39 is 5.60 Å². The molecule has 2 N–H and O–H groups in total. The zero-order valence-electron chi connectivity index (χ0n) is 9.59. The summed E-state index contributed by atoms with van der Waals surface area (Å²) in [6.07, 6.45) is 4.07. The zero-order valence-corrected chi connectivity index (χ0v) is 10.3. The number of aryl methyl sites for hydroxylation is 1. The smallest absolute Gasteiger partial charge is 0.0819 e. The molecule has 2 nitrogen and oxygen atoms in total. The molecule has 1 fully saturated rings. The van der Waals surface area contributed by atoms with Crippen LogP contribution in [-0.2, 0) is 0 Å². The molecule has 0 radical (unpaired) electrons. The summed E-state index contributed by atoms with van der Waals surface area (Å²) in [4.78, 5) is 0. The van der Waals surface area contributed by atoms with Crippen molar-refractivity contribution in [3.8, 4) is 0 Å². The summed E-state index contributed by atoms with van der Waals surface area (Å²) in [5, 5.41) is 14.2. The Labute approximate surface area is 102 Å². The van der Waals surface area contributed by atoms with Crippen LogP contribution >= 0.6 is 11.6 Å². The number of nitrogens with one attached hydrogen (secondary N) is 1. The molecule has 1 aromatic carbocycles. The number of benzene rings is 1. The van der Waals surface area contributed by atoms with E-state index in [1.54, 1.807) is 0 Å². The highest BCUT2D eigenvalue weighted by Gasteiger charge is 2.30. The van der Waals surface area contributed by atoms with Gasteiger partial charge in [0.25, 0.3) is 0 Å².